The van der Waals surface area contributed by atoms with Crippen molar-refractivity contribution in [3.63, 3.8) is 0 Å². The van der Waals surface area contributed by atoms with Crippen LogP contribution in [-0.2, 0) is 6.61 Å². The molecule has 100 valence electrons. The molecule has 0 spiro atoms. The molecule has 1 atom stereocenters. The molecule has 0 saturated carbocycles. The van der Waals surface area contributed by atoms with E-state index >= 15 is 0 Å². The molecule has 1 heterocycles. The minimum Gasteiger partial charge on any atom is -0.489 e. The molecule has 0 unspecified atom stereocenters. The van der Waals surface area contributed by atoms with Gasteiger partial charge in [-0.3, -0.25) is 4.98 Å². The fourth-order valence-electron chi connectivity index (χ4n) is 1.81. The van der Waals surface area contributed by atoms with Gasteiger partial charge in [0.25, 0.3) is 0 Å². The predicted molar refractivity (Wildman–Crippen MR) is 72.3 cm³/mol. The molecule has 4 heteroatoms. The SMILES string of the molecule is Cc1cc([C@H](C)N)ccc1OCc1cncc(F)c1. The molecule has 2 aromatic rings. The predicted octanol–water partition coefficient (Wildman–Crippen LogP) is 3.13. The number of nitrogens with zero attached hydrogens (tertiary/aromatic N) is 1. The first-order valence-corrected chi connectivity index (χ1v) is 6.14. The number of pyridine rings is 1. The second-order valence-electron chi connectivity index (χ2n) is 4.61. The van der Waals surface area contributed by atoms with Crippen LogP contribution in [0.3, 0.4) is 0 Å². The number of halogens is 1. The van der Waals surface area contributed by atoms with Crippen LogP contribution in [0.5, 0.6) is 5.75 Å². The number of rotatable bonds is 4. The molecule has 0 bridgehead atoms. The van der Waals surface area contributed by atoms with E-state index in [-0.39, 0.29) is 11.9 Å². The Bertz CT molecular complexity index is 570. The number of aryl methyl sites for hydroxylation is 1. The van der Waals surface area contributed by atoms with Crippen molar-refractivity contribution in [3.8, 4) is 5.75 Å². The Kier molecular flexibility index (Phi) is 4.12. The Hall–Kier alpha value is -1.94. The molecule has 0 aliphatic rings. The van der Waals surface area contributed by atoms with E-state index in [0.717, 1.165) is 16.9 Å². The summed E-state index contributed by atoms with van der Waals surface area (Å²) in [6.45, 7) is 4.20. The van der Waals surface area contributed by atoms with Crippen LogP contribution < -0.4 is 10.5 Å². The molecule has 2 rings (SSSR count). The van der Waals surface area contributed by atoms with Gasteiger partial charge in [-0.2, -0.15) is 0 Å². The van der Waals surface area contributed by atoms with E-state index in [2.05, 4.69) is 4.98 Å². The largest absolute Gasteiger partial charge is 0.489 e. The zero-order valence-electron chi connectivity index (χ0n) is 11.1. The van der Waals surface area contributed by atoms with Gasteiger partial charge in [0.15, 0.2) is 0 Å². The Morgan fingerprint density at radius 1 is 1.32 bits per heavy atom. The van der Waals surface area contributed by atoms with Gasteiger partial charge in [0.05, 0.1) is 6.20 Å². The smallest absolute Gasteiger partial charge is 0.141 e. The van der Waals surface area contributed by atoms with Gasteiger partial charge in [0.1, 0.15) is 18.2 Å². The molecular formula is C15H17FN2O. The summed E-state index contributed by atoms with van der Waals surface area (Å²) in [6.07, 6.45) is 2.76. The lowest BCUT2D eigenvalue weighted by Gasteiger charge is -2.12. The average Bonchev–Trinajstić information content (AvgIpc) is 2.37. The van der Waals surface area contributed by atoms with E-state index in [9.17, 15) is 4.39 Å². The van der Waals surface area contributed by atoms with Gasteiger partial charge < -0.3 is 10.5 Å². The summed E-state index contributed by atoms with van der Waals surface area (Å²) < 4.78 is 18.6. The Morgan fingerprint density at radius 2 is 2.11 bits per heavy atom. The van der Waals surface area contributed by atoms with E-state index in [1.54, 1.807) is 6.20 Å². The molecule has 2 N–H and O–H groups in total. The van der Waals surface area contributed by atoms with E-state index in [0.29, 0.717) is 12.2 Å². The normalized spacial score (nSPS) is 12.2. The zero-order chi connectivity index (χ0) is 13.8. The van der Waals surface area contributed by atoms with Crippen molar-refractivity contribution in [3.05, 3.63) is 59.2 Å². The van der Waals surface area contributed by atoms with Crippen molar-refractivity contribution in [2.24, 2.45) is 5.73 Å². The van der Waals surface area contributed by atoms with E-state index in [1.807, 2.05) is 32.0 Å². The molecular weight excluding hydrogens is 243 g/mol. The van der Waals surface area contributed by atoms with Gasteiger partial charge in [-0.1, -0.05) is 12.1 Å². The minimum atomic E-state index is -0.356. The summed E-state index contributed by atoms with van der Waals surface area (Å²) in [7, 11) is 0. The van der Waals surface area contributed by atoms with Crippen molar-refractivity contribution in [2.45, 2.75) is 26.5 Å². The summed E-state index contributed by atoms with van der Waals surface area (Å²) in [6, 6.07) is 7.25. The third kappa shape index (κ3) is 3.51. The Balaban J connectivity index is 2.07. The van der Waals surface area contributed by atoms with Crippen LogP contribution in [0.4, 0.5) is 4.39 Å². The molecule has 19 heavy (non-hydrogen) atoms. The van der Waals surface area contributed by atoms with Crippen LogP contribution >= 0.6 is 0 Å². The molecule has 0 amide bonds. The zero-order valence-corrected chi connectivity index (χ0v) is 11.1. The van der Waals surface area contributed by atoms with Crippen LogP contribution in [0.1, 0.15) is 29.7 Å². The lowest BCUT2D eigenvalue weighted by molar-refractivity contribution is 0.303. The molecule has 0 radical (unpaired) electrons. The fourth-order valence-corrected chi connectivity index (χ4v) is 1.81. The van der Waals surface area contributed by atoms with Crippen molar-refractivity contribution < 1.29 is 9.13 Å². The topological polar surface area (TPSA) is 48.1 Å². The van der Waals surface area contributed by atoms with E-state index in [4.69, 9.17) is 10.5 Å². The van der Waals surface area contributed by atoms with Crippen LogP contribution in [0.25, 0.3) is 0 Å². The maximum atomic E-state index is 13.0. The number of ether oxygens (including phenoxy) is 1. The van der Waals surface area contributed by atoms with Gasteiger partial charge in [0, 0.05) is 17.8 Å². The van der Waals surface area contributed by atoms with Crippen molar-refractivity contribution in [1.82, 2.24) is 4.98 Å². The monoisotopic (exact) mass is 260 g/mol. The van der Waals surface area contributed by atoms with Crippen molar-refractivity contribution in [2.75, 3.05) is 0 Å². The quantitative estimate of drug-likeness (QED) is 0.918. The van der Waals surface area contributed by atoms with E-state index < -0.39 is 0 Å². The van der Waals surface area contributed by atoms with Gasteiger partial charge in [-0.25, -0.2) is 4.39 Å². The highest BCUT2D eigenvalue weighted by Gasteiger charge is 2.05. The average molecular weight is 260 g/mol. The number of hydrogen-bond acceptors (Lipinski definition) is 3. The molecule has 0 aliphatic carbocycles. The number of benzene rings is 1. The Morgan fingerprint density at radius 3 is 2.74 bits per heavy atom. The Labute approximate surface area is 112 Å². The molecule has 1 aromatic carbocycles. The van der Waals surface area contributed by atoms with Gasteiger partial charge in [-0.15, -0.1) is 0 Å². The lowest BCUT2D eigenvalue weighted by atomic mass is 10.1. The van der Waals surface area contributed by atoms with Gasteiger partial charge in [-0.05, 0) is 37.1 Å². The highest BCUT2D eigenvalue weighted by Crippen LogP contribution is 2.22. The van der Waals surface area contributed by atoms with Crippen LogP contribution in [0.15, 0.2) is 36.7 Å². The second-order valence-corrected chi connectivity index (χ2v) is 4.61. The lowest BCUT2D eigenvalue weighted by Crippen LogP contribution is -2.05. The standard InChI is InChI=1S/C15H17FN2O/c1-10-5-13(11(2)17)3-4-15(10)19-9-12-6-14(16)8-18-7-12/h3-8,11H,9,17H2,1-2H3/t11-/m0/s1. The molecule has 0 fully saturated rings. The molecule has 0 aliphatic heterocycles. The molecule has 1 aromatic heterocycles. The summed E-state index contributed by atoms with van der Waals surface area (Å²) in [5, 5.41) is 0. The van der Waals surface area contributed by atoms with Crippen molar-refractivity contribution in [1.29, 1.82) is 0 Å². The summed E-state index contributed by atoms with van der Waals surface area (Å²) >= 11 is 0. The first kappa shape index (κ1) is 13.5. The van der Waals surface area contributed by atoms with Crippen LogP contribution in [-0.4, -0.2) is 4.98 Å². The highest BCUT2D eigenvalue weighted by atomic mass is 19.1. The van der Waals surface area contributed by atoms with E-state index in [1.165, 1.54) is 12.3 Å². The minimum absolute atomic E-state index is 0.000157. The number of aromatic nitrogens is 1. The molecule has 0 saturated heterocycles. The summed E-state index contributed by atoms with van der Waals surface area (Å²) in [5.74, 6) is 0.416. The molecule has 3 nitrogen and oxygen atoms in total. The first-order chi connectivity index (χ1) is 9.06. The van der Waals surface area contributed by atoms with Gasteiger partial charge >= 0.3 is 0 Å². The summed E-state index contributed by atoms with van der Waals surface area (Å²) in [4.78, 5) is 3.78. The van der Waals surface area contributed by atoms with Crippen LogP contribution in [0, 0.1) is 12.7 Å². The van der Waals surface area contributed by atoms with Crippen molar-refractivity contribution >= 4 is 0 Å². The third-order valence-corrected chi connectivity index (χ3v) is 2.88. The number of nitrogens with two attached hydrogens (primary N) is 1. The maximum absolute atomic E-state index is 13.0. The number of hydrogen-bond donors (Lipinski definition) is 1. The fraction of sp³-hybridized carbons (Fsp3) is 0.267. The second kappa shape index (κ2) is 5.80. The van der Waals surface area contributed by atoms with Gasteiger partial charge in [0.2, 0.25) is 0 Å². The maximum Gasteiger partial charge on any atom is 0.141 e. The van der Waals surface area contributed by atoms with Crippen LogP contribution in [0.2, 0.25) is 0 Å². The summed E-state index contributed by atoms with van der Waals surface area (Å²) in [5.41, 5.74) is 8.61. The first-order valence-electron chi connectivity index (χ1n) is 6.14. The highest BCUT2D eigenvalue weighted by molar-refractivity contribution is 5.37. The third-order valence-electron chi connectivity index (χ3n) is 2.88.